The minimum Gasteiger partial charge on any atom is -0.359 e. The lowest BCUT2D eigenvalue weighted by atomic mass is 10.1. The number of hydrogen-bond acceptors (Lipinski definition) is 3. The topological polar surface area (TPSA) is 58.4 Å². The Hall–Kier alpha value is -2.63. The summed E-state index contributed by atoms with van der Waals surface area (Å²) in [6.07, 6.45) is 4.16. The van der Waals surface area contributed by atoms with Crippen LogP contribution in [-0.4, -0.2) is 29.2 Å². The summed E-state index contributed by atoms with van der Waals surface area (Å²) in [6.45, 7) is 2.86. The highest BCUT2D eigenvalue weighted by Crippen LogP contribution is 2.44. The van der Waals surface area contributed by atoms with Crippen LogP contribution in [-0.2, 0) is 0 Å². The molecule has 0 unspecified atom stereocenters. The number of aryl methyl sites for hydroxylation is 1. The average molecular weight is 327 g/mol. The van der Waals surface area contributed by atoms with Crippen molar-refractivity contribution < 1.29 is 13.7 Å². The Balaban J connectivity index is 1.44. The molecule has 1 aliphatic heterocycles. The number of hydrogen-bond donors (Lipinski definition) is 1. The number of rotatable bonds is 3. The number of amides is 2. The maximum atomic E-state index is 13.0. The third-order valence-electron chi connectivity index (χ3n) is 4.49. The maximum absolute atomic E-state index is 13.0. The molecule has 5 nitrogen and oxygen atoms in total. The van der Waals surface area contributed by atoms with Crippen LogP contribution >= 0.6 is 0 Å². The van der Waals surface area contributed by atoms with E-state index in [2.05, 4.69) is 10.5 Å². The highest BCUT2D eigenvalue weighted by Gasteiger charge is 2.33. The van der Waals surface area contributed by atoms with E-state index in [1.54, 1.807) is 17.0 Å². The van der Waals surface area contributed by atoms with Gasteiger partial charge in [0, 0.05) is 19.0 Å². The second-order valence-electron chi connectivity index (χ2n) is 6.33. The molecule has 24 heavy (non-hydrogen) atoms. The molecule has 0 bridgehead atoms. The normalized spacial score (nSPS) is 17.1. The molecule has 1 saturated carbocycles. The van der Waals surface area contributed by atoms with Gasteiger partial charge in [-0.05, 0) is 43.0 Å². The first-order valence-electron chi connectivity index (χ1n) is 8.09. The molecule has 1 N–H and O–H groups in total. The molecule has 0 atom stereocenters. The standard InChI is InChI=1S/C18H18FN3O2/c1-11-16(17(24-21-11)13-2-3-13)20-18(23)22-9-8-14(10-22)12-4-6-15(19)7-5-12/h4-8,13H,2-3,9-10H2,1H3,(H,20,23). The van der Waals surface area contributed by atoms with Gasteiger partial charge in [0.25, 0.3) is 0 Å². The fourth-order valence-corrected chi connectivity index (χ4v) is 2.93. The van der Waals surface area contributed by atoms with Gasteiger partial charge in [-0.1, -0.05) is 23.4 Å². The quantitative estimate of drug-likeness (QED) is 0.929. The first kappa shape index (κ1) is 14.9. The molecular weight excluding hydrogens is 309 g/mol. The van der Waals surface area contributed by atoms with Gasteiger partial charge in [-0.3, -0.25) is 0 Å². The molecule has 0 spiro atoms. The van der Waals surface area contributed by atoms with E-state index < -0.39 is 0 Å². The minimum absolute atomic E-state index is 0.170. The number of carbonyl (C=O) groups is 1. The van der Waals surface area contributed by atoms with Crippen molar-refractivity contribution in [2.75, 3.05) is 18.4 Å². The van der Waals surface area contributed by atoms with Gasteiger partial charge in [0.15, 0.2) is 5.76 Å². The summed E-state index contributed by atoms with van der Waals surface area (Å²) in [5.41, 5.74) is 3.37. The van der Waals surface area contributed by atoms with Crippen LogP contribution in [0.15, 0.2) is 34.9 Å². The maximum Gasteiger partial charge on any atom is 0.322 e. The summed E-state index contributed by atoms with van der Waals surface area (Å²) in [6, 6.07) is 6.16. The average Bonchev–Trinajstić information content (AvgIpc) is 3.18. The van der Waals surface area contributed by atoms with E-state index in [1.165, 1.54) is 12.1 Å². The Morgan fingerprint density at radius 1 is 1.33 bits per heavy atom. The van der Waals surface area contributed by atoms with Gasteiger partial charge in [-0.25, -0.2) is 9.18 Å². The van der Waals surface area contributed by atoms with Crippen LogP contribution in [0.3, 0.4) is 0 Å². The molecule has 2 amide bonds. The Morgan fingerprint density at radius 3 is 2.79 bits per heavy atom. The summed E-state index contributed by atoms with van der Waals surface area (Å²) in [5, 5.41) is 6.91. The van der Waals surface area contributed by atoms with E-state index >= 15 is 0 Å². The first-order valence-corrected chi connectivity index (χ1v) is 8.09. The number of halogens is 1. The second-order valence-corrected chi connectivity index (χ2v) is 6.33. The van der Waals surface area contributed by atoms with E-state index in [0.29, 0.717) is 30.4 Å². The van der Waals surface area contributed by atoms with Crippen LogP contribution in [0.1, 0.15) is 35.8 Å². The summed E-state index contributed by atoms with van der Waals surface area (Å²) < 4.78 is 18.4. The number of benzene rings is 1. The predicted molar refractivity (Wildman–Crippen MR) is 88.2 cm³/mol. The molecule has 2 aromatic rings. The fraction of sp³-hybridized carbons (Fsp3) is 0.333. The van der Waals surface area contributed by atoms with Crippen molar-refractivity contribution in [3.63, 3.8) is 0 Å². The van der Waals surface area contributed by atoms with Crippen LogP contribution in [0.25, 0.3) is 5.57 Å². The summed E-state index contributed by atoms with van der Waals surface area (Å²) in [4.78, 5) is 14.3. The molecule has 1 aliphatic carbocycles. The van der Waals surface area contributed by atoms with Crippen LogP contribution in [0, 0.1) is 12.7 Å². The smallest absolute Gasteiger partial charge is 0.322 e. The third-order valence-corrected chi connectivity index (χ3v) is 4.49. The predicted octanol–water partition coefficient (Wildman–Crippen LogP) is 3.93. The lowest BCUT2D eigenvalue weighted by molar-refractivity contribution is 0.224. The van der Waals surface area contributed by atoms with E-state index in [9.17, 15) is 9.18 Å². The zero-order chi connectivity index (χ0) is 16.7. The molecule has 4 rings (SSSR count). The van der Waals surface area contributed by atoms with Gasteiger partial charge in [0.2, 0.25) is 0 Å². The summed E-state index contributed by atoms with van der Waals surface area (Å²) >= 11 is 0. The number of carbonyl (C=O) groups excluding carboxylic acids is 1. The van der Waals surface area contributed by atoms with Crippen molar-refractivity contribution in [2.24, 2.45) is 0 Å². The first-order chi connectivity index (χ1) is 11.6. The monoisotopic (exact) mass is 327 g/mol. The lowest BCUT2D eigenvalue weighted by Crippen LogP contribution is -2.33. The molecule has 1 aromatic carbocycles. The fourth-order valence-electron chi connectivity index (χ4n) is 2.93. The highest BCUT2D eigenvalue weighted by molar-refractivity contribution is 5.92. The Kier molecular flexibility index (Phi) is 3.59. The Labute approximate surface area is 139 Å². The molecule has 0 saturated heterocycles. The molecule has 2 heterocycles. The van der Waals surface area contributed by atoms with E-state index in [0.717, 1.165) is 29.7 Å². The number of nitrogens with zero attached hydrogens (tertiary/aromatic N) is 2. The van der Waals surface area contributed by atoms with E-state index in [4.69, 9.17) is 4.52 Å². The molecule has 0 radical (unpaired) electrons. The van der Waals surface area contributed by atoms with Gasteiger partial charge in [0.05, 0.1) is 0 Å². The van der Waals surface area contributed by atoms with Gasteiger partial charge in [-0.2, -0.15) is 0 Å². The zero-order valence-corrected chi connectivity index (χ0v) is 13.4. The third kappa shape index (κ3) is 2.79. The van der Waals surface area contributed by atoms with Crippen molar-refractivity contribution in [3.05, 3.63) is 53.2 Å². The van der Waals surface area contributed by atoms with Gasteiger partial charge in [0.1, 0.15) is 17.2 Å². The molecule has 1 aromatic heterocycles. The van der Waals surface area contributed by atoms with Crippen molar-refractivity contribution in [1.82, 2.24) is 10.1 Å². The molecule has 6 heteroatoms. The number of anilines is 1. The molecule has 124 valence electrons. The van der Waals surface area contributed by atoms with Crippen LogP contribution in [0.5, 0.6) is 0 Å². The van der Waals surface area contributed by atoms with Gasteiger partial charge < -0.3 is 14.7 Å². The van der Waals surface area contributed by atoms with Crippen LogP contribution in [0.4, 0.5) is 14.9 Å². The van der Waals surface area contributed by atoms with E-state index in [1.807, 2.05) is 13.0 Å². The number of nitrogens with one attached hydrogen (secondary N) is 1. The number of urea groups is 1. The molecular formula is C18H18FN3O2. The molecule has 1 fully saturated rings. The van der Waals surface area contributed by atoms with E-state index in [-0.39, 0.29) is 11.8 Å². The zero-order valence-electron chi connectivity index (χ0n) is 13.4. The highest BCUT2D eigenvalue weighted by atomic mass is 19.1. The lowest BCUT2D eigenvalue weighted by Gasteiger charge is -2.17. The molecule has 2 aliphatic rings. The SMILES string of the molecule is Cc1noc(C2CC2)c1NC(=O)N1CC=C(c2ccc(F)cc2)C1. The summed E-state index contributed by atoms with van der Waals surface area (Å²) in [5.74, 6) is 0.905. The minimum atomic E-state index is -0.262. The Morgan fingerprint density at radius 2 is 2.08 bits per heavy atom. The van der Waals surface area contributed by atoms with Crippen LogP contribution < -0.4 is 5.32 Å². The Bertz CT molecular complexity index is 806. The van der Waals surface area contributed by atoms with Crippen molar-refractivity contribution in [3.8, 4) is 0 Å². The second kappa shape index (κ2) is 5.78. The summed E-state index contributed by atoms with van der Waals surface area (Å²) in [7, 11) is 0. The van der Waals surface area contributed by atoms with Crippen molar-refractivity contribution in [2.45, 2.75) is 25.7 Å². The van der Waals surface area contributed by atoms with Crippen molar-refractivity contribution >= 4 is 17.3 Å². The van der Waals surface area contributed by atoms with Gasteiger partial charge in [-0.15, -0.1) is 0 Å². The largest absolute Gasteiger partial charge is 0.359 e. The van der Waals surface area contributed by atoms with Gasteiger partial charge >= 0.3 is 6.03 Å². The number of aromatic nitrogens is 1. The van der Waals surface area contributed by atoms with Crippen molar-refractivity contribution in [1.29, 1.82) is 0 Å². The van der Waals surface area contributed by atoms with Crippen LogP contribution in [0.2, 0.25) is 0 Å².